The van der Waals surface area contributed by atoms with Gasteiger partial charge < -0.3 is 19.7 Å². The summed E-state index contributed by atoms with van der Waals surface area (Å²) in [5.74, 6) is 2.20. The molecule has 6 heterocycles. The molecule has 4 fully saturated rings. The van der Waals surface area contributed by atoms with Crippen LogP contribution in [0.25, 0.3) is 71.5 Å². The summed E-state index contributed by atoms with van der Waals surface area (Å²) in [5.41, 5.74) is 11.3. The summed E-state index contributed by atoms with van der Waals surface area (Å²) in [6, 6.07) is 72.6. The number of carbonyl (C=O) groups excluding carboxylic acids is 2. The number of aliphatic hydroxyl groups excluding tert-OH is 2. The number of pyridine rings is 6. The second-order valence-electron chi connectivity index (χ2n) is 23.2. The third-order valence-electron chi connectivity index (χ3n) is 16.5. The van der Waals surface area contributed by atoms with Crippen LogP contribution in [0, 0.1) is 23.7 Å². The molecule has 4 saturated carbocycles. The number of aromatic nitrogens is 6. The molecular formula is C79H83B6ClN6O6. The lowest BCUT2D eigenvalue weighted by molar-refractivity contribution is -0.145. The molecule has 10 radical (unpaired) electrons. The van der Waals surface area contributed by atoms with Crippen molar-refractivity contribution in [2.75, 3.05) is 26.4 Å². The molecule has 0 saturated heterocycles. The van der Waals surface area contributed by atoms with Crippen LogP contribution >= 0.6 is 11.6 Å². The van der Waals surface area contributed by atoms with Gasteiger partial charge in [-0.05, 0) is 136 Å². The summed E-state index contributed by atoms with van der Waals surface area (Å²) in [6.45, 7) is 8.83. The number of para-hydroxylation sites is 6. The molecule has 8 atom stereocenters. The van der Waals surface area contributed by atoms with Crippen molar-refractivity contribution in [1.29, 1.82) is 0 Å². The van der Waals surface area contributed by atoms with Crippen molar-refractivity contribution in [3.8, 4) is 0 Å². The molecule has 0 bridgehead atoms. The number of halogens is 1. The molecule has 12 aromatic rings. The van der Waals surface area contributed by atoms with Gasteiger partial charge in [0.05, 0.1) is 63.8 Å². The highest BCUT2D eigenvalue weighted by Gasteiger charge is 2.47. The zero-order valence-corrected chi connectivity index (χ0v) is 54.2. The molecular weight excluding hydrogens is 1230 g/mol. The fraction of sp³-hybridized carbons (Fsp3) is 0.266. The van der Waals surface area contributed by atoms with E-state index in [9.17, 15) is 9.59 Å². The summed E-state index contributed by atoms with van der Waals surface area (Å²) in [7, 11) is 22.0. The average Bonchev–Trinajstić information content (AvgIpc) is 1.65. The van der Waals surface area contributed by atoms with Gasteiger partial charge in [-0.1, -0.05) is 180 Å². The van der Waals surface area contributed by atoms with Gasteiger partial charge in [0, 0.05) is 137 Å². The fourth-order valence-electron chi connectivity index (χ4n) is 11.1. The van der Waals surface area contributed by atoms with Crippen LogP contribution in [-0.4, -0.2) is 124 Å². The van der Waals surface area contributed by atoms with E-state index in [-0.39, 0.29) is 57.9 Å². The first-order valence-electron chi connectivity index (χ1n) is 31.9. The van der Waals surface area contributed by atoms with E-state index < -0.39 is 6.39 Å². The molecule has 0 amide bonds. The zero-order chi connectivity index (χ0) is 67.2. The zero-order valence-electron chi connectivity index (χ0n) is 53.4. The summed E-state index contributed by atoms with van der Waals surface area (Å²) >= 11 is 5.71. The number of ether oxygens (including phenoxy) is 2. The van der Waals surface area contributed by atoms with Gasteiger partial charge in [-0.3, -0.25) is 29.5 Å². The third-order valence-corrected chi connectivity index (χ3v) is 16.7. The molecule has 4 aliphatic carbocycles. The predicted molar refractivity (Wildman–Crippen MR) is 411 cm³/mol. The van der Waals surface area contributed by atoms with Gasteiger partial charge in [-0.15, -0.1) is 0 Å². The van der Waals surface area contributed by atoms with Crippen LogP contribution in [0.4, 0.5) is 0 Å². The molecule has 98 heavy (non-hydrogen) atoms. The van der Waals surface area contributed by atoms with Gasteiger partial charge in [-0.2, -0.15) is 0 Å². The van der Waals surface area contributed by atoms with Crippen LogP contribution in [0.15, 0.2) is 225 Å². The first kappa shape index (κ1) is 78.1. The second-order valence-corrected chi connectivity index (χ2v) is 23.6. The van der Waals surface area contributed by atoms with E-state index in [1.165, 1.54) is 16.2 Å². The lowest BCUT2D eigenvalue weighted by Crippen LogP contribution is -2.11. The molecule has 2 N–H and O–H groups in total. The first-order chi connectivity index (χ1) is 46.3. The standard InChI is InChI=1S/2C15H15NO2.2C13H13NO.C11H9N.C9H6ClN.3CH4.B4.B2/c2*1-2-18-15(17)12-9-11(12)14-8-7-10-5-3-4-6-13(10)16-14;2*15-8-10-7-11(10)13-6-5-9-3-1-2-4-12(9)14-13;1-2-10-8-7-9-5-3-4-6-11(9)12-10;10-9-6-5-7-3-1-2-4-8(7)11-9;;;;1-4(2)3;1-2/h2*3-8,11-12H,2,9H2,1H3;2*1-6,10-11,15H,7-8H2;2-8H,1H2;1-6H;3*1H4;;/t11-,12+;11-,12-;2*10-,11+;;;;;;;/m1011......./s1. The Morgan fingerprint density at radius 1 is 0.429 bits per heavy atom. The lowest BCUT2D eigenvalue weighted by Gasteiger charge is -2.03. The van der Waals surface area contributed by atoms with Crippen molar-refractivity contribution in [1.82, 2.24) is 29.9 Å². The highest BCUT2D eigenvalue weighted by Crippen LogP contribution is 2.50. The van der Waals surface area contributed by atoms with Crippen molar-refractivity contribution in [3.05, 3.63) is 259 Å². The van der Waals surface area contributed by atoms with E-state index >= 15 is 0 Å². The predicted octanol–water partition coefficient (Wildman–Crippen LogP) is 15.9. The Hall–Kier alpha value is -8.94. The maximum Gasteiger partial charge on any atom is 0.309 e. The van der Waals surface area contributed by atoms with Crippen molar-refractivity contribution < 1.29 is 29.3 Å². The van der Waals surface area contributed by atoms with E-state index in [4.69, 9.17) is 31.3 Å². The molecule has 6 aromatic heterocycles. The Kier molecular flexibility index (Phi) is 31.0. The monoisotopic (exact) mass is 1310 g/mol. The van der Waals surface area contributed by atoms with Gasteiger partial charge >= 0.3 is 11.9 Å². The third kappa shape index (κ3) is 22.0. The number of nitrogens with zero attached hydrogens (tertiary/aromatic N) is 6. The highest BCUT2D eigenvalue weighted by atomic mass is 35.5. The number of hydrogen-bond donors (Lipinski definition) is 2. The van der Waals surface area contributed by atoms with E-state index in [0.717, 1.165) is 103 Å². The van der Waals surface area contributed by atoms with E-state index in [1.807, 2.05) is 166 Å². The molecule has 0 unspecified atom stereocenters. The molecule has 6 aromatic carbocycles. The quantitative estimate of drug-likeness (QED) is 0.0715. The van der Waals surface area contributed by atoms with Crippen molar-refractivity contribution >= 4 is 140 Å². The van der Waals surface area contributed by atoms with Crippen LogP contribution in [-0.2, 0) is 19.1 Å². The molecule has 490 valence electrons. The SMILES string of the molecule is C.C.C.C=Cc1ccc2ccccc2n1.CCOC(=O)[C@H]1C[C@@H]1c1ccc2ccccc2n1.CCOC(=O)[C@H]1C[C@H]1c1ccc2ccccc2n1.Clc1ccc2ccccc2n1.OC[C@H]1C[C@@H]1c1ccc2ccccc2n1.OC[C@H]1C[C@@H]1c1ccc2ccccc2n1.[B]B([B])[B].[B][B]. The minimum atomic E-state index is -0.667. The van der Waals surface area contributed by atoms with Gasteiger partial charge in [0.2, 0.25) is 0 Å². The minimum absolute atomic E-state index is 0. The van der Waals surface area contributed by atoms with Crippen LogP contribution in [0.3, 0.4) is 0 Å². The number of rotatable bonds is 11. The number of hydrogen-bond acceptors (Lipinski definition) is 12. The van der Waals surface area contributed by atoms with Gasteiger partial charge in [0.25, 0.3) is 0 Å². The number of carbonyl (C=O) groups is 2. The largest absolute Gasteiger partial charge is 0.466 e. The minimum Gasteiger partial charge on any atom is -0.466 e. The van der Waals surface area contributed by atoms with Gasteiger partial charge in [-0.25, -0.2) is 9.97 Å². The van der Waals surface area contributed by atoms with Crippen LogP contribution in [0.5, 0.6) is 0 Å². The Morgan fingerprint density at radius 2 is 0.694 bits per heavy atom. The van der Waals surface area contributed by atoms with Crippen molar-refractivity contribution in [2.45, 2.75) is 85.5 Å². The number of benzene rings is 6. The topological polar surface area (TPSA) is 170 Å². The summed E-state index contributed by atoms with van der Waals surface area (Å²) in [4.78, 5) is 50.2. The summed E-state index contributed by atoms with van der Waals surface area (Å²) < 4.78 is 10.1. The van der Waals surface area contributed by atoms with E-state index in [0.29, 0.717) is 55.3 Å². The maximum absolute atomic E-state index is 11.6. The van der Waals surface area contributed by atoms with Crippen LogP contribution in [0.1, 0.15) is 114 Å². The Morgan fingerprint density at radius 3 is 0.980 bits per heavy atom. The maximum atomic E-state index is 11.6. The highest BCUT2D eigenvalue weighted by molar-refractivity contribution is 7.49. The molecule has 12 nitrogen and oxygen atoms in total. The van der Waals surface area contributed by atoms with E-state index in [2.05, 4.69) is 136 Å². The van der Waals surface area contributed by atoms with Crippen LogP contribution in [0.2, 0.25) is 5.15 Å². The van der Waals surface area contributed by atoms with Gasteiger partial charge in [0.15, 0.2) is 0 Å². The van der Waals surface area contributed by atoms with E-state index in [1.54, 1.807) is 12.1 Å². The Balaban J connectivity index is 0.000000183. The average molecular weight is 1310 g/mol. The molecule has 19 heteroatoms. The van der Waals surface area contributed by atoms with Crippen molar-refractivity contribution in [2.24, 2.45) is 23.7 Å². The Labute approximate surface area is 590 Å². The fourth-order valence-corrected chi connectivity index (χ4v) is 11.2. The number of aliphatic hydroxyl groups is 2. The lowest BCUT2D eigenvalue weighted by atomic mass is 9.08. The number of fused-ring (bicyclic) bond motifs is 6. The molecule has 16 rings (SSSR count). The molecule has 0 aliphatic heterocycles. The van der Waals surface area contributed by atoms with Crippen LogP contribution < -0.4 is 0 Å². The van der Waals surface area contributed by atoms with Crippen molar-refractivity contribution in [3.63, 3.8) is 0 Å². The molecule has 4 aliphatic rings. The molecule has 0 spiro atoms. The van der Waals surface area contributed by atoms with Gasteiger partial charge in [0.1, 0.15) is 5.15 Å². The first-order valence-corrected chi connectivity index (χ1v) is 32.3. The second kappa shape index (κ2) is 38.9. The normalized spacial score (nSPS) is 18.1. The summed E-state index contributed by atoms with van der Waals surface area (Å²) in [6.07, 6.45) is 4.99. The number of esters is 2. The summed E-state index contributed by atoms with van der Waals surface area (Å²) in [5, 5.41) is 25.5. The smallest absolute Gasteiger partial charge is 0.309 e. The Bertz CT molecular complexity index is 4320.